The summed E-state index contributed by atoms with van der Waals surface area (Å²) in [7, 11) is 0. The van der Waals surface area contributed by atoms with E-state index in [2.05, 4.69) is 20.1 Å². The molecule has 4 aromatic heterocycles. The van der Waals surface area contributed by atoms with Gasteiger partial charge in [-0.3, -0.25) is 4.57 Å². The molecule has 4 rings (SSSR count). The van der Waals surface area contributed by atoms with Crippen LogP contribution in [0.15, 0.2) is 64.6 Å². The first-order valence-corrected chi connectivity index (χ1v) is 6.21. The highest BCUT2D eigenvalue weighted by Crippen LogP contribution is 2.23. The van der Waals surface area contributed by atoms with Gasteiger partial charge in [-0.2, -0.15) is 4.98 Å². The van der Waals surface area contributed by atoms with Gasteiger partial charge in [0.05, 0.1) is 11.8 Å². The molecule has 0 aromatic carbocycles. The zero-order chi connectivity index (χ0) is 14.1. The Hall–Kier alpha value is -3.22. The highest BCUT2D eigenvalue weighted by atomic mass is 16.5. The molecule has 0 amide bonds. The van der Waals surface area contributed by atoms with Crippen molar-refractivity contribution in [3.05, 3.63) is 55.6 Å². The van der Waals surface area contributed by atoms with Crippen LogP contribution in [0.3, 0.4) is 0 Å². The van der Waals surface area contributed by atoms with Gasteiger partial charge < -0.3 is 8.94 Å². The SMILES string of the molecule is c1cn(-c2cc(-c3noc(-c4ccoc4)n3)ccn2)cn1. The molecule has 0 radical (unpaired) electrons. The minimum absolute atomic E-state index is 0.416. The fourth-order valence-corrected chi connectivity index (χ4v) is 1.94. The minimum atomic E-state index is 0.416. The van der Waals surface area contributed by atoms with Crippen LogP contribution in [0.1, 0.15) is 0 Å². The van der Waals surface area contributed by atoms with E-state index in [4.69, 9.17) is 8.94 Å². The second-order valence-electron chi connectivity index (χ2n) is 4.31. The third-order valence-corrected chi connectivity index (χ3v) is 2.97. The molecule has 4 heterocycles. The van der Waals surface area contributed by atoms with Crippen LogP contribution in [0.4, 0.5) is 0 Å². The van der Waals surface area contributed by atoms with E-state index in [9.17, 15) is 0 Å². The Morgan fingerprint density at radius 2 is 2.10 bits per heavy atom. The van der Waals surface area contributed by atoms with Crippen LogP contribution in [-0.2, 0) is 0 Å². The summed E-state index contributed by atoms with van der Waals surface area (Å²) in [4.78, 5) is 12.6. The fourth-order valence-electron chi connectivity index (χ4n) is 1.94. The molecule has 0 spiro atoms. The van der Waals surface area contributed by atoms with Gasteiger partial charge in [0.25, 0.3) is 5.89 Å². The molecule has 102 valence electrons. The lowest BCUT2D eigenvalue weighted by Crippen LogP contribution is -1.94. The van der Waals surface area contributed by atoms with Gasteiger partial charge in [0.1, 0.15) is 18.4 Å². The summed E-state index contributed by atoms with van der Waals surface area (Å²) < 4.78 is 12.0. The molecule has 0 aliphatic carbocycles. The third-order valence-electron chi connectivity index (χ3n) is 2.97. The monoisotopic (exact) mass is 279 g/mol. The lowest BCUT2D eigenvalue weighted by molar-refractivity contribution is 0.431. The first kappa shape index (κ1) is 11.6. The number of pyridine rings is 1. The zero-order valence-corrected chi connectivity index (χ0v) is 10.7. The molecule has 4 aromatic rings. The average Bonchev–Trinajstić information content (AvgIpc) is 3.26. The van der Waals surface area contributed by atoms with Gasteiger partial charge in [0.2, 0.25) is 5.82 Å². The number of nitrogens with zero attached hydrogens (tertiary/aromatic N) is 5. The van der Waals surface area contributed by atoms with E-state index in [1.807, 2.05) is 18.3 Å². The predicted octanol–water partition coefficient (Wildman–Crippen LogP) is 2.58. The Kier molecular flexibility index (Phi) is 2.60. The number of aromatic nitrogens is 5. The van der Waals surface area contributed by atoms with Crippen LogP contribution in [-0.4, -0.2) is 24.7 Å². The minimum Gasteiger partial charge on any atom is -0.472 e. The lowest BCUT2D eigenvalue weighted by Gasteiger charge is -2.01. The second kappa shape index (κ2) is 4.71. The highest BCUT2D eigenvalue weighted by molar-refractivity contribution is 5.60. The van der Waals surface area contributed by atoms with E-state index < -0.39 is 0 Å². The van der Waals surface area contributed by atoms with E-state index in [1.165, 1.54) is 0 Å². The van der Waals surface area contributed by atoms with Gasteiger partial charge in [-0.15, -0.1) is 0 Å². The van der Waals surface area contributed by atoms with Crippen molar-refractivity contribution in [2.45, 2.75) is 0 Å². The summed E-state index contributed by atoms with van der Waals surface area (Å²) >= 11 is 0. The lowest BCUT2D eigenvalue weighted by atomic mass is 10.2. The Bertz CT molecular complexity index is 849. The third kappa shape index (κ3) is 2.10. The van der Waals surface area contributed by atoms with Crippen LogP contribution in [0.5, 0.6) is 0 Å². The van der Waals surface area contributed by atoms with Crippen LogP contribution < -0.4 is 0 Å². The molecule has 0 N–H and O–H groups in total. The van der Waals surface area contributed by atoms with Gasteiger partial charge >= 0.3 is 0 Å². The summed E-state index contributed by atoms with van der Waals surface area (Å²) in [6, 6.07) is 5.46. The molecule has 0 unspecified atom stereocenters. The van der Waals surface area contributed by atoms with Gasteiger partial charge in [-0.1, -0.05) is 5.16 Å². The Labute approximate surface area is 118 Å². The van der Waals surface area contributed by atoms with Crippen molar-refractivity contribution in [1.82, 2.24) is 24.7 Å². The summed E-state index contributed by atoms with van der Waals surface area (Å²) in [5.74, 6) is 1.65. The number of hydrogen-bond donors (Lipinski definition) is 0. The van der Waals surface area contributed by atoms with Crippen molar-refractivity contribution in [3.63, 3.8) is 0 Å². The standard InChI is InChI=1S/C14H9N5O2/c1-3-16-12(19-5-4-15-9-19)7-10(1)13-17-14(21-18-13)11-2-6-20-8-11/h1-9H. The molecular weight excluding hydrogens is 270 g/mol. The molecule has 0 atom stereocenters. The summed E-state index contributed by atoms with van der Waals surface area (Å²) in [5, 5.41) is 3.98. The second-order valence-corrected chi connectivity index (χ2v) is 4.31. The quantitative estimate of drug-likeness (QED) is 0.573. The van der Waals surface area contributed by atoms with E-state index in [1.54, 1.807) is 41.9 Å². The first-order valence-electron chi connectivity index (χ1n) is 6.21. The van der Waals surface area contributed by atoms with Gasteiger partial charge in [0.15, 0.2) is 0 Å². The Morgan fingerprint density at radius 1 is 1.10 bits per heavy atom. The van der Waals surface area contributed by atoms with Gasteiger partial charge in [-0.25, -0.2) is 9.97 Å². The highest BCUT2D eigenvalue weighted by Gasteiger charge is 2.12. The summed E-state index contributed by atoms with van der Waals surface area (Å²) in [5.41, 5.74) is 1.56. The Morgan fingerprint density at radius 3 is 2.90 bits per heavy atom. The molecule has 7 heteroatoms. The fraction of sp³-hybridized carbons (Fsp3) is 0. The summed E-state index contributed by atoms with van der Waals surface area (Å²) in [6.45, 7) is 0. The normalized spacial score (nSPS) is 10.9. The molecule has 0 saturated carbocycles. The molecule has 0 bridgehead atoms. The van der Waals surface area contributed by atoms with Crippen molar-refractivity contribution in [1.29, 1.82) is 0 Å². The van der Waals surface area contributed by atoms with Crippen molar-refractivity contribution in [2.24, 2.45) is 0 Å². The molecule has 0 aliphatic heterocycles. The predicted molar refractivity (Wildman–Crippen MR) is 72.4 cm³/mol. The number of furan rings is 1. The zero-order valence-electron chi connectivity index (χ0n) is 10.7. The van der Waals surface area contributed by atoms with Crippen molar-refractivity contribution in [3.8, 4) is 28.7 Å². The first-order chi connectivity index (χ1) is 10.4. The maximum Gasteiger partial charge on any atom is 0.261 e. The van der Waals surface area contributed by atoms with Gasteiger partial charge in [0, 0.05) is 24.2 Å². The molecular formula is C14H9N5O2. The number of rotatable bonds is 3. The molecule has 21 heavy (non-hydrogen) atoms. The van der Waals surface area contributed by atoms with Crippen LogP contribution >= 0.6 is 0 Å². The van der Waals surface area contributed by atoms with E-state index in [0.717, 1.165) is 16.9 Å². The van der Waals surface area contributed by atoms with E-state index in [0.29, 0.717) is 11.7 Å². The van der Waals surface area contributed by atoms with Crippen molar-refractivity contribution in [2.75, 3.05) is 0 Å². The van der Waals surface area contributed by atoms with E-state index >= 15 is 0 Å². The number of hydrogen-bond acceptors (Lipinski definition) is 6. The molecule has 0 aliphatic rings. The largest absolute Gasteiger partial charge is 0.472 e. The van der Waals surface area contributed by atoms with E-state index in [-0.39, 0.29) is 0 Å². The van der Waals surface area contributed by atoms with Crippen molar-refractivity contribution < 1.29 is 8.94 Å². The molecule has 0 saturated heterocycles. The summed E-state index contributed by atoms with van der Waals surface area (Å²) in [6.07, 6.45) is 10.0. The maximum atomic E-state index is 5.23. The topological polar surface area (TPSA) is 82.8 Å². The molecule has 7 nitrogen and oxygen atoms in total. The van der Waals surface area contributed by atoms with Gasteiger partial charge in [-0.05, 0) is 18.2 Å². The Balaban J connectivity index is 1.72. The van der Waals surface area contributed by atoms with Crippen molar-refractivity contribution >= 4 is 0 Å². The van der Waals surface area contributed by atoms with Crippen LogP contribution in [0, 0.1) is 0 Å². The number of imidazole rings is 1. The van der Waals surface area contributed by atoms with Crippen LogP contribution in [0.25, 0.3) is 28.7 Å². The van der Waals surface area contributed by atoms with Crippen LogP contribution in [0.2, 0.25) is 0 Å². The average molecular weight is 279 g/mol. The molecule has 0 fully saturated rings. The maximum absolute atomic E-state index is 5.23. The smallest absolute Gasteiger partial charge is 0.261 e.